The van der Waals surface area contributed by atoms with E-state index in [0.29, 0.717) is 17.5 Å². The number of carbonyl (C=O) groups excluding carboxylic acids is 2. The molecule has 1 aromatic carbocycles. The number of benzene rings is 1. The van der Waals surface area contributed by atoms with Gasteiger partial charge in [0.25, 0.3) is 5.91 Å². The predicted octanol–water partition coefficient (Wildman–Crippen LogP) is 1.85. The summed E-state index contributed by atoms with van der Waals surface area (Å²) in [6.07, 6.45) is 0.666. The Kier molecular flexibility index (Phi) is 4.62. The lowest BCUT2D eigenvalue weighted by atomic mass is 9.58. The van der Waals surface area contributed by atoms with Crippen molar-refractivity contribution < 1.29 is 35.2 Å². The number of aliphatic hydroxyl groups excluding tert-OH is 2. The molecule has 0 radical (unpaired) electrons. The Morgan fingerprint density at radius 1 is 1.23 bits per heavy atom. The number of hydrogen-bond donors (Lipinski definition) is 6. The first-order chi connectivity index (χ1) is 14.5. The highest BCUT2D eigenvalue weighted by Gasteiger charge is 2.55. The lowest BCUT2D eigenvalue weighted by molar-refractivity contribution is -0.119. The maximum absolute atomic E-state index is 13.4. The lowest BCUT2D eigenvalue weighted by Gasteiger charge is -2.48. The quantitative estimate of drug-likeness (QED) is 0.237. The molecule has 1 amide bonds. The predicted molar refractivity (Wildman–Crippen MR) is 109 cm³/mol. The topological polar surface area (TPSA) is 174 Å². The van der Waals surface area contributed by atoms with Gasteiger partial charge < -0.3 is 31.4 Å². The number of primary amides is 1. The molecule has 7 N–H and O–H groups in total. The maximum Gasteiger partial charge on any atom is 0.250 e. The molecule has 4 atom stereocenters. The smallest absolute Gasteiger partial charge is 0.250 e. The zero-order chi connectivity index (χ0) is 22.8. The number of phenolic OH excluding ortho intramolecular Hbond substituents is 1. The standard InChI is InChI=1S/C22H24N2O7/c1-8(24-31)11-3-4-13(25)16-12(11)6-9-5-10-7-14(26)18(21(23)29)22(2,30)17(10)20(28)15(9)19(16)27/h3-4,9-10,17,25-26,28,30-31H,5-7H2,1-2H3,(H2,23,29)/b24-8-. The average molecular weight is 428 g/mol. The van der Waals surface area contributed by atoms with E-state index in [1.165, 1.54) is 13.0 Å². The summed E-state index contributed by atoms with van der Waals surface area (Å²) in [5, 5.41) is 55.4. The van der Waals surface area contributed by atoms with E-state index < -0.39 is 35.0 Å². The Balaban J connectivity index is 1.90. The molecule has 4 unspecified atom stereocenters. The maximum atomic E-state index is 13.4. The van der Waals surface area contributed by atoms with Gasteiger partial charge in [-0.05, 0) is 56.2 Å². The molecule has 0 fully saturated rings. The number of amides is 1. The second-order valence-electron chi connectivity index (χ2n) is 8.71. The summed E-state index contributed by atoms with van der Waals surface area (Å²) >= 11 is 0. The molecule has 3 aliphatic rings. The SMILES string of the molecule is C/C(=N/O)c1ccc(O)c2c1CC1CC3CC(O)=C(C(N)=O)C(C)(O)C3C(O)=C1C2=O. The van der Waals surface area contributed by atoms with Crippen molar-refractivity contribution in [2.75, 3.05) is 0 Å². The summed E-state index contributed by atoms with van der Waals surface area (Å²) < 4.78 is 0. The monoisotopic (exact) mass is 428 g/mol. The number of aromatic hydroxyl groups is 1. The van der Waals surface area contributed by atoms with Crippen LogP contribution in [0, 0.1) is 17.8 Å². The Morgan fingerprint density at radius 3 is 2.52 bits per heavy atom. The van der Waals surface area contributed by atoms with Crippen LogP contribution in [0.5, 0.6) is 5.75 Å². The van der Waals surface area contributed by atoms with E-state index in [-0.39, 0.29) is 52.5 Å². The molecule has 3 aliphatic carbocycles. The molecule has 0 bridgehead atoms. The molecule has 9 heteroatoms. The molecule has 164 valence electrons. The molecule has 0 saturated heterocycles. The van der Waals surface area contributed by atoms with Gasteiger partial charge in [0.15, 0.2) is 5.78 Å². The van der Waals surface area contributed by atoms with E-state index in [9.17, 15) is 35.2 Å². The highest BCUT2D eigenvalue weighted by Crippen LogP contribution is 2.53. The van der Waals surface area contributed by atoms with Crippen molar-refractivity contribution in [2.24, 2.45) is 28.6 Å². The van der Waals surface area contributed by atoms with Gasteiger partial charge in [-0.3, -0.25) is 9.59 Å². The Labute approximate surface area is 177 Å². The number of ketones is 1. The largest absolute Gasteiger partial charge is 0.512 e. The number of hydrogen-bond acceptors (Lipinski definition) is 8. The fourth-order valence-electron chi connectivity index (χ4n) is 5.70. The number of carbonyl (C=O) groups is 2. The first kappa shape index (κ1) is 20.9. The normalized spacial score (nSPS) is 30.6. The van der Waals surface area contributed by atoms with Gasteiger partial charge in [-0.2, -0.15) is 0 Å². The van der Waals surface area contributed by atoms with Gasteiger partial charge in [-0.15, -0.1) is 0 Å². The molecular formula is C22H24N2O7. The molecule has 4 rings (SSSR count). The van der Waals surface area contributed by atoms with Gasteiger partial charge in [0.2, 0.25) is 0 Å². The Morgan fingerprint density at radius 2 is 1.90 bits per heavy atom. The highest BCUT2D eigenvalue weighted by atomic mass is 16.4. The first-order valence-corrected chi connectivity index (χ1v) is 9.97. The Hall–Kier alpha value is -3.33. The molecule has 31 heavy (non-hydrogen) atoms. The van der Waals surface area contributed by atoms with Crippen molar-refractivity contribution in [3.63, 3.8) is 0 Å². The molecule has 0 heterocycles. The second-order valence-corrected chi connectivity index (χ2v) is 8.71. The van der Waals surface area contributed by atoms with Crippen LogP contribution in [-0.4, -0.2) is 48.6 Å². The van der Waals surface area contributed by atoms with E-state index in [1.54, 1.807) is 13.0 Å². The minimum absolute atomic E-state index is 0.0146. The van der Waals surface area contributed by atoms with E-state index >= 15 is 0 Å². The molecule has 0 spiro atoms. The van der Waals surface area contributed by atoms with Crippen LogP contribution >= 0.6 is 0 Å². The van der Waals surface area contributed by atoms with Crippen LogP contribution in [0.25, 0.3) is 0 Å². The van der Waals surface area contributed by atoms with Crippen molar-refractivity contribution in [1.82, 2.24) is 0 Å². The number of rotatable bonds is 2. The summed E-state index contributed by atoms with van der Waals surface area (Å²) in [7, 11) is 0. The van der Waals surface area contributed by atoms with Crippen molar-refractivity contribution in [2.45, 2.75) is 38.7 Å². The zero-order valence-electron chi connectivity index (χ0n) is 17.1. The zero-order valence-corrected chi connectivity index (χ0v) is 17.1. The van der Waals surface area contributed by atoms with Gasteiger partial charge in [-0.25, -0.2) is 0 Å². The van der Waals surface area contributed by atoms with Crippen molar-refractivity contribution in [1.29, 1.82) is 0 Å². The number of aliphatic hydroxyl groups is 3. The first-order valence-electron chi connectivity index (χ1n) is 9.97. The summed E-state index contributed by atoms with van der Waals surface area (Å²) in [5.74, 6) is -4.40. The minimum atomic E-state index is -1.97. The van der Waals surface area contributed by atoms with Crippen LogP contribution in [-0.2, 0) is 11.2 Å². The van der Waals surface area contributed by atoms with Gasteiger partial charge >= 0.3 is 0 Å². The molecule has 0 saturated carbocycles. The van der Waals surface area contributed by atoms with E-state index in [2.05, 4.69) is 5.16 Å². The summed E-state index contributed by atoms with van der Waals surface area (Å²) in [6, 6.07) is 2.89. The number of phenols is 1. The average Bonchev–Trinajstić information content (AvgIpc) is 2.65. The number of Topliss-reactive ketones (excluding diaryl/α,β-unsaturated/α-hetero) is 1. The highest BCUT2D eigenvalue weighted by molar-refractivity contribution is 6.15. The number of fused-ring (bicyclic) bond motifs is 3. The number of nitrogens with zero attached hydrogens (tertiary/aromatic N) is 1. The van der Waals surface area contributed by atoms with Crippen LogP contribution in [0.15, 0.2) is 40.0 Å². The van der Waals surface area contributed by atoms with Crippen LogP contribution in [0.3, 0.4) is 0 Å². The van der Waals surface area contributed by atoms with Gasteiger partial charge in [0.05, 0.1) is 22.8 Å². The molecule has 9 nitrogen and oxygen atoms in total. The summed E-state index contributed by atoms with van der Waals surface area (Å²) in [6.45, 7) is 2.86. The van der Waals surface area contributed by atoms with Crippen molar-refractivity contribution in [3.05, 3.63) is 51.5 Å². The van der Waals surface area contributed by atoms with Crippen molar-refractivity contribution in [3.8, 4) is 5.75 Å². The fraction of sp³-hybridized carbons (Fsp3) is 0.409. The fourth-order valence-corrected chi connectivity index (χ4v) is 5.70. The van der Waals surface area contributed by atoms with Gasteiger partial charge in [0, 0.05) is 17.6 Å². The van der Waals surface area contributed by atoms with E-state index in [4.69, 9.17) is 5.73 Å². The third-order valence-corrected chi connectivity index (χ3v) is 6.89. The lowest BCUT2D eigenvalue weighted by Crippen LogP contribution is -2.52. The summed E-state index contributed by atoms with van der Waals surface area (Å²) in [5.41, 5.74) is 4.41. The molecule has 0 aliphatic heterocycles. The van der Waals surface area contributed by atoms with E-state index in [1.807, 2.05) is 0 Å². The molecule has 0 aromatic heterocycles. The third kappa shape index (κ3) is 2.83. The van der Waals surface area contributed by atoms with Crippen LogP contribution < -0.4 is 5.73 Å². The van der Waals surface area contributed by atoms with E-state index in [0.717, 1.165) is 0 Å². The molecule has 1 aromatic rings. The van der Waals surface area contributed by atoms with Gasteiger partial charge in [0.1, 0.15) is 22.9 Å². The Bertz CT molecular complexity index is 1110. The number of allylic oxidation sites excluding steroid dienone is 2. The third-order valence-electron chi connectivity index (χ3n) is 6.89. The van der Waals surface area contributed by atoms with Crippen LogP contribution in [0.1, 0.15) is 48.2 Å². The molecular weight excluding hydrogens is 404 g/mol. The minimum Gasteiger partial charge on any atom is -0.512 e. The van der Waals surface area contributed by atoms with Crippen LogP contribution in [0.4, 0.5) is 0 Å². The van der Waals surface area contributed by atoms with Crippen molar-refractivity contribution >= 4 is 17.4 Å². The number of nitrogens with two attached hydrogens (primary N) is 1. The second kappa shape index (κ2) is 6.84. The van der Waals surface area contributed by atoms with Crippen LogP contribution in [0.2, 0.25) is 0 Å². The summed E-state index contributed by atoms with van der Waals surface area (Å²) in [4.78, 5) is 25.3. The van der Waals surface area contributed by atoms with Gasteiger partial charge in [-0.1, -0.05) is 5.16 Å². The number of oxime groups is 1.